The number of carbonyl (C=O) groups is 1. The number of rotatable bonds is 48. The van der Waals surface area contributed by atoms with Gasteiger partial charge in [-0.2, -0.15) is 0 Å². The number of nitrogens with one attached hydrogen (secondary N) is 1. The number of hydrogen-bond donors (Lipinski definition) is 4. The van der Waals surface area contributed by atoms with Crippen LogP contribution >= 0.6 is 0 Å². The molecule has 5 heteroatoms. The third kappa shape index (κ3) is 45.8. The summed E-state index contributed by atoms with van der Waals surface area (Å²) in [4.78, 5) is 12.4. The van der Waals surface area contributed by atoms with Crippen molar-refractivity contribution in [3.05, 3.63) is 48.6 Å². The average molecular weight is 842 g/mol. The maximum Gasteiger partial charge on any atom is 0.222 e. The molecule has 0 rings (SSSR count). The first-order chi connectivity index (χ1) is 29.5. The van der Waals surface area contributed by atoms with E-state index in [2.05, 4.69) is 55.6 Å². The van der Waals surface area contributed by atoms with Crippen LogP contribution in [0.25, 0.3) is 0 Å². The van der Waals surface area contributed by atoms with Gasteiger partial charge in [0.1, 0.15) is 0 Å². The van der Waals surface area contributed by atoms with Crippen molar-refractivity contribution < 1.29 is 20.1 Å². The first kappa shape index (κ1) is 58.3. The van der Waals surface area contributed by atoms with Gasteiger partial charge >= 0.3 is 0 Å². The van der Waals surface area contributed by atoms with E-state index < -0.39 is 18.2 Å². The van der Waals surface area contributed by atoms with Gasteiger partial charge in [0.15, 0.2) is 0 Å². The largest absolute Gasteiger partial charge is 0.394 e. The summed E-state index contributed by atoms with van der Waals surface area (Å²) in [7, 11) is 0. The van der Waals surface area contributed by atoms with Crippen LogP contribution in [0, 0.1) is 0 Å². The Bertz CT molecular complexity index is 974. The van der Waals surface area contributed by atoms with Crippen LogP contribution < -0.4 is 5.32 Å². The van der Waals surface area contributed by atoms with Crippen molar-refractivity contribution in [3.8, 4) is 0 Å². The highest BCUT2D eigenvalue weighted by molar-refractivity contribution is 5.76. The van der Waals surface area contributed by atoms with Crippen molar-refractivity contribution in [1.29, 1.82) is 0 Å². The summed E-state index contributed by atoms with van der Waals surface area (Å²) < 4.78 is 0. The van der Waals surface area contributed by atoms with Crippen LogP contribution in [0.2, 0.25) is 0 Å². The molecule has 60 heavy (non-hydrogen) atoms. The van der Waals surface area contributed by atoms with Crippen molar-refractivity contribution in [1.82, 2.24) is 5.32 Å². The topological polar surface area (TPSA) is 89.8 Å². The van der Waals surface area contributed by atoms with Crippen molar-refractivity contribution in [2.24, 2.45) is 0 Å². The number of aliphatic hydroxyl groups is 3. The van der Waals surface area contributed by atoms with Gasteiger partial charge in [0.05, 0.1) is 31.3 Å². The van der Waals surface area contributed by atoms with Crippen LogP contribution in [0.3, 0.4) is 0 Å². The Morgan fingerprint density at radius 2 is 0.767 bits per heavy atom. The van der Waals surface area contributed by atoms with E-state index in [1.165, 1.54) is 205 Å². The second kappa shape index (κ2) is 50.0. The Morgan fingerprint density at radius 3 is 1.18 bits per heavy atom. The van der Waals surface area contributed by atoms with E-state index in [-0.39, 0.29) is 18.9 Å². The summed E-state index contributed by atoms with van der Waals surface area (Å²) >= 11 is 0. The lowest BCUT2D eigenvalue weighted by Crippen LogP contribution is -2.45. The maximum atomic E-state index is 12.4. The molecule has 0 fully saturated rings. The average Bonchev–Trinajstić information content (AvgIpc) is 3.24. The summed E-state index contributed by atoms with van der Waals surface area (Å²) in [6, 6.07) is -0.760. The van der Waals surface area contributed by atoms with E-state index >= 15 is 0 Å². The Balaban J connectivity index is 3.49. The summed E-state index contributed by atoms with van der Waals surface area (Å²) in [5, 5.41) is 33.1. The number of amides is 1. The lowest BCUT2D eigenvalue weighted by Gasteiger charge is -2.21. The van der Waals surface area contributed by atoms with E-state index in [4.69, 9.17) is 0 Å². The van der Waals surface area contributed by atoms with Crippen LogP contribution in [-0.2, 0) is 4.79 Å². The summed E-state index contributed by atoms with van der Waals surface area (Å²) in [5.41, 5.74) is 0. The van der Waals surface area contributed by atoms with E-state index in [9.17, 15) is 20.1 Å². The minimum absolute atomic E-state index is 0.00538. The molecule has 352 valence electrons. The monoisotopic (exact) mass is 842 g/mol. The van der Waals surface area contributed by atoms with Crippen LogP contribution in [0.15, 0.2) is 48.6 Å². The highest BCUT2D eigenvalue weighted by Crippen LogP contribution is 2.16. The molecule has 3 unspecified atom stereocenters. The molecule has 0 bridgehead atoms. The molecule has 0 saturated heterocycles. The minimum atomic E-state index is -0.950. The molecule has 1 amide bonds. The quantitative estimate of drug-likeness (QED) is 0.0363. The van der Waals surface area contributed by atoms with E-state index in [1.54, 1.807) is 6.08 Å². The summed E-state index contributed by atoms with van der Waals surface area (Å²) in [6.07, 6.45) is 66.0. The van der Waals surface area contributed by atoms with Crippen LogP contribution in [0.4, 0.5) is 0 Å². The number of hydrogen-bond acceptors (Lipinski definition) is 4. The zero-order chi connectivity index (χ0) is 43.7. The fraction of sp³-hybridized carbons (Fsp3) is 0.836. The van der Waals surface area contributed by atoms with Gasteiger partial charge in [0, 0.05) is 0 Å². The van der Waals surface area contributed by atoms with E-state index in [0.717, 1.165) is 38.5 Å². The first-order valence-electron chi connectivity index (χ1n) is 26.4. The Hall–Kier alpha value is -1.69. The van der Waals surface area contributed by atoms with Crippen LogP contribution in [0.5, 0.6) is 0 Å². The van der Waals surface area contributed by atoms with Gasteiger partial charge in [0.25, 0.3) is 0 Å². The molecular formula is C55H103NO4. The second-order valence-electron chi connectivity index (χ2n) is 18.1. The number of allylic oxidation sites excluding steroid dienone is 7. The minimum Gasteiger partial charge on any atom is -0.394 e. The maximum absolute atomic E-state index is 12.4. The SMILES string of the molecule is CCCCCC/C=C/CC/C=C/C(O)C(CO)NC(=O)CC(O)CCCCCCCCCCCCCCCCC/C=C\C/C=C\CCCCCCCCCCCCCCC. The molecule has 3 atom stereocenters. The highest BCUT2D eigenvalue weighted by atomic mass is 16.3. The van der Waals surface area contributed by atoms with Crippen molar-refractivity contribution in [2.45, 2.75) is 289 Å². The second-order valence-corrected chi connectivity index (χ2v) is 18.1. The number of aliphatic hydroxyl groups excluding tert-OH is 3. The fourth-order valence-electron chi connectivity index (χ4n) is 8.03. The molecule has 0 aromatic carbocycles. The first-order valence-corrected chi connectivity index (χ1v) is 26.4. The predicted octanol–water partition coefficient (Wildman–Crippen LogP) is 16.1. The van der Waals surface area contributed by atoms with Crippen molar-refractivity contribution >= 4 is 5.91 Å². The molecule has 0 aromatic heterocycles. The molecule has 0 radical (unpaired) electrons. The van der Waals surface area contributed by atoms with Gasteiger partial charge in [0.2, 0.25) is 5.91 Å². The predicted molar refractivity (Wildman–Crippen MR) is 264 cm³/mol. The molecule has 0 aliphatic carbocycles. The molecule has 5 nitrogen and oxygen atoms in total. The Kier molecular flexibility index (Phi) is 48.6. The zero-order valence-electron chi connectivity index (χ0n) is 40.1. The van der Waals surface area contributed by atoms with E-state index in [0.29, 0.717) is 6.42 Å². The standard InChI is InChI=1S/C55H103NO4/c1-3-5-7-9-11-13-15-16-17-18-19-20-21-22-23-24-25-26-27-28-29-30-31-32-33-34-35-36-37-38-39-40-42-44-46-48-52(58)50-55(60)56-53(51-57)54(59)49-47-45-43-41-14-12-10-8-6-4-2/h14,23-24,26-27,41,47,49,52-54,57-59H,3-13,15-22,25,28-40,42-46,48,50-51H2,1-2H3,(H,56,60)/b24-23-,27-26-,41-14+,49-47+. The molecule has 0 heterocycles. The van der Waals surface area contributed by atoms with E-state index in [1.807, 2.05) is 6.08 Å². The van der Waals surface area contributed by atoms with Gasteiger partial charge in [-0.25, -0.2) is 0 Å². The van der Waals surface area contributed by atoms with Crippen molar-refractivity contribution in [3.63, 3.8) is 0 Å². The van der Waals surface area contributed by atoms with Crippen LogP contribution in [0.1, 0.15) is 271 Å². The number of unbranched alkanes of at least 4 members (excludes halogenated alkanes) is 33. The molecule has 0 aliphatic rings. The van der Waals surface area contributed by atoms with Gasteiger partial charge in [-0.1, -0.05) is 249 Å². The van der Waals surface area contributed by atoms with Crippen molar-refractivity contribution in [2.75, 3.05) is 6.61 Å². The highest BCUT2D eigenvalue weighted by Gasteiger charge is 2.20. The molecule has 0 aliphatic heterocycles. The molecule has 0 saturated carbocycles. The molecule has 0 aromatic rings. The fourth-order valence-corrected chi connectivity index (χ4v) is 8.03. The smallest absolute Gasteiger partial charge is 0.222 e. The zero-order valence-corrected chi connectivity index (χ0v) is 40.1. The summed E-state index contributed by atoms with van der Waals surface area (Å²) in [5.74, 6) is -0.327. The van der Waals surface area contributed by atoms with Gasteiger partial charge < -0.3 is 20.6 Å². The summed E-state index contributed by atoms with van der Waals surface area (Å²) in [6.45, 7) is 4.17. The third-order valence-corrected chi connectivity index (χ3v) is 12.1. The van der Waals surface area contributed by atoms with Gasteiger partial charge in [-0.15, -0.1) is 0 Å². The molecule has 0 spiro atoms. The molecular weight excluding hydrogens is 739 g/mol. The number of carbonyl (C=O) groups excluding carboxylic acids is 1. The lowest BCUT2D eigenvalue weighted by molar-refractivity contribution is -0.124. The molecule has 4 N–H and O–H groups in total. The van der Waals surface area contributed by atoms with Gasteiger partial charge in [-0.3, -0.25) is 4.79 Å². The Labute approximate surface area is 374 Å². The van der Waals surface area contributed by atoms with Crippen LogP contribution in [-0.4, -0.2) is 46.1 Å². The Morgan fingerprint density at radius 1 is 0.433 bits per heavy atom. The lowest BCUT2D eigenvalue weighted by atomic mass is 10.0. The normalized spacial score (nSPS) is 13.8. The third-order valence-electron chi connectivity index (χ3n) is 12.1. The van der Waals surface area contributed by atoms with Gasteiger partial charge in [-0.05, 0) is 64.2 Å².